The molecular weight excluding hydrogens is 152 g/mol. The summed E-state index contributed by atoms with van der Waals surface area (Å²) in [6.07, 6.45) is 6.69. The van der Waals surface area contributed by atoms with Gasteiger partial charge in [-0.3, -0.25) is 0 Å². The molecule has 0 heterocycles. The smallest absolute Gasteiger partial charge is 0.00392 e. The van der Waals surface area contributed by atoms with Gasteiger partial charge in [-0.1, -0.05) is 20.3 Å². The zero-order chi connectivity index (χ0) is 8.27. The van der Waals surface area contributed by atoms with Crippen molar-refractivity contribution >= 4 is 11.8 Å². The van der Waals surface area contributed by atoms with Gasteiger partial charge in [0.15, 0.2) is 0 Å². The summed E-state index contributed by atoms with van der Waals surface area (Å²) in [7, 11) is 0. The van der Waals surface area contributed by atoms with Crippen molar-refractivity contribution in [2.24, 2.45) is 17.8 Å². The van der Waals surface area contributed by atoms with E-state index in [9.17, 15) is 0 Å². The molecule has 0 unspecified atom stereocenters. The third-order valence-electron chi connectivity index (χ3n) is 2.95. The van der Waals surface area contributed by atoms with Gasteiger partial charge in [-0.25, -0.2) is 0 Å². The summed E-state index contributed by atoms with van der Waals surface area (Å²) in [5.41, 5.74) is 0. The Morgan fingerprint density at radius 3 is 2.64 bits per heavy atom. The number of thioether (sulfide) groups is 1. The average Bonchev–Trinajstić information content (AvgIpc) is 2.36. The van der Waals surface area contributed by atoms with E-state index in [1.54, 1.807) is 0 Å². The summed E-state index contributed by atoms with van der Waals surface area (Å²) in [6.45, 7) is 4.76. The van der Waals surface area contributed by atoms with Crippen LogP contribution in [0.1, 0.15) is 33.1 Å². The van der Waals surface area contributed by atoms with E-state index in [1.165, 1.54) is 25.0 Å². The molecule has 0 aromatic carbocycles. The molecule has 1 fully saturated rings. The van der Waals surface area contributed by atoms with Gasteiger partial charge in [0.05, 0.1) is 0 Å². The Morgan fingerprint density at radius 1 is 1.36 bits per heavy atom. The third-order valence-corrected chi connectivity index (χ3v) is 3.72. The molecule has 0 aromatic rings. The molecule has 1 aliphatic rings. The maximum absolute atomic E-state index is 2.38. The van der Waals surface area contributed by atoms with Crippen molar-refractivity contribution in [3.05, 3.63) is 0 Å². The second kappa shape index (κ2) is 4.39. The van der Waals surface area contributed by atoms with Crippen LogP contribution < -0.4 is 0 Å². The second-order valence-corrected chi connectivity index (χ2v) is 4.96. The van der Waals surface area contributed by atoms with Gasteiger partial charge in [-0.05, 0) is 42.6 Å². The molecule has 1 saturated carbocycles. The third kappa shape index (κ3) is 2.40. The molecule has 66 valence electrons. The van der Waals surface area contributed by atoms with Gasteiger partial charge in [0.1, 0.15) is 0 Å². The summed E-state index contributed by atoms with van der Waals surface area (Å²) in [6, 6.07) is 0. The van der Waals surface area contributed by atoms with Crippen LogP contribution in [0.3, 0.4) is 0 Å². The minimum absolute atomic E-state index is 0.912. The van der Waals surface area contributed by atoms with E-state index in [-0.39, 0.29) is 0 Å². The lowest BCUT2D eigenvalue weighted by Gasteiger charge is -2.21. The van der Waals surface area contributed by atoms with Gasteiger partial charge in [-0.2, -0.15) is 11.8 Å². The second-order valence-electron chi connectivity index (χ2n) is 4.05. The molecule has 0 aliphatic heterocycles. The Labute approximate surface area is 75.1 Å². The fraction of sp³-hybridized carbons (Fsp3) is 1.00. The first kappa shape index (κ1) is 9.44. The van der Waals surface area contributed by atoms with Crippen LogP contribution in [0.5, 0.6) is 0 Å². The zero-order valence-corrected chi connectivity index (χ0v) is 8.79. The van der Waals surface area contributed by atoms with E-state index in [1.807, 2.05) is 11.8 Å². The van der Waals surface area contributed by atoms with Crippen LogP contribution in [0.4, 0.5) is 0 Å². The summed E-state index contributed by atoms with van der Waals surface area (Å²) in [5, 5.41) is 0. The van der Waals surface area contributed by atoms with E-state index in [4.69, 9.17) is 0 Å². The van der Waals surface area contributed by atoms with E-state index < -0.39 is 0 Å². The lowest BCUT2D eigenvalue weighted by Crippen LogP contribution is -2.15. The Balaban J connectivity index is 2.37. The molecule has 1 heteroatoms. The molecule has 0 nitrogen and oxygen atoms in total. The van der Waals surface area contributed by atoms with Crippen molar-refractivity contribution < 1.29 is 0 Å². The average molecular weight is 172 g/mol. The van der Waals surface area contributed by atoms with E-state index in [0.29, 0.717) is 0 Å². The minimum Gasteiger partial charge on any atom is -0.165 e. The van der Waals surface area contributed by atoms with E-state index >= 15 is 0 Å². The van der Waals surface area contributed by atoms with Gasteiger partial charge in [0.25, 0.3) is 0 Å². The minimum atomic E-state index is 0.912. The largest absolute Gasteiger partial charge is 0.165 e. The molecule has 11 heavy (non-hydrogen) atoms. The molecule has 0 saturated heterocycles. The molecule has 2 atom stereocenters. The fourth-order valence-corrected chi connectivity index (χ4v) is 3.21. The molecule has 1 rings (SSSR count). The van der Waals surface area contributed by atoms with Crippen molar-refractivity contribution in [2.75, 3.05) is 12.0 Å². The van der Waals surface area contributed by atoms with E-state index in [2.05, 4.69) is 20.1 Å². The number of hydrogen-bond acceptors (Lipinski definition) is 1. The molecule has 0 radical (unpaired) electrons. The summed E-state index contributed by atoms with van der Waals surface area (Å²) in [5.74, 6) is 4.37. The highest BCUT2D eigenvalue weighted by Gasteiger charge is 2.28. The van der Waals surface area contributed by atoms with Gasteiger partial charge in [-0.15, -0.1) is 0 Å². The van der Waals surface area contributed by atoms with Gasteiger partial charge in [0, 0.05) is 0 Å². The highest BCUT2D eigenvalue weighted by atomic mass is 32.2. The van der Waals surface area contributed by atoms with Crippen molar-refractivity contribution in [3.63, 3.8) is 0 Å². The highest BCUT2D eigenvalue weighted by Crippen LogP contribution is 2.38. The summed E-state index contributed by atoms with van der Waals surface area (Å²) in [4.78, 5) is 0. The van der Waals surface area contributed by atoms with Crippen molar-refractivity contribution in [1.29, 1.82) is 0 Å². The Bertz CT molecular complexity index is 109. The molecule has 0 N–H and O–H groups in total. The van der Waals surface area contributed by atoms with Crippen LogP contribution in [-0.2, 0) is 0 Å². The molecule has 0 aromatic heterocycles. The molecule has 0 bridgehead atoms. The fourth-order valence-electron chi connectivity index (χ4n) is 2.36. The molecule has 1 aliphatic carbocycles. The molecule has 0 amide bonds. The number of rotatable bonds is 3. The SMILES string of the molecule is CSC[C@@H]1CCC[C@H]1C(C)C. The zero-order valence-electron chi connectivity index (χ0n) is 7.97. The van der Waals surface area contributed by atoms with Gasteiger partial charge >= 0.3 is 0 Å². The molecule has 0 spiro atoms. The Morgan fingerprint density at radius 2 is 2.09 bits per heavy atom. The summed E-state index contributed by atoms with van der Waals surface area (Å²) >= 11 is 2.02. The first-order valence-corrected chi connectivity index (χ1v) is 6.14. The first-order valence-electron chi connectivity index (χ1n) is 4.74. The van der Waals surface area contributed by atoms with Crippen LogP contribution in [-0.4, -0.2) is 12.0 Å². The number of hydrogen-bond donors (Lipinski definition) is 0. The highest BCUT2D eigenvalue weighted by molar-refractivity contribution is 7.98. The van der Waals surface area contributed by atoms with Crippen LogP contribution in [0.2, 0.25) is 0 Å². The Hall–Kier alpha value is 0.350. The van der Waals surface area contributed by atoms with Crippen molar-refractivity contribution in [2.45, 2.75) is 33.1 Å². The predicted molar refractivity (Wildman–Crippen MR) is 54.1 cm³/mol. The summed E-state index contributed by atoms with van der Waals surface area (Å²) < 4.78 is 0. The van der Waals surface area contributed by atoms with Crippen molar-refractivity contribution in [3.8, 4) is 0 Å². The lowest BCUT2D eigenvalue weighted by molar-refractivity contribution is 0.319. The van der Waals surface area contributed by atoms with Gasteiger partial charge in [0.2, 0.25) is 0 Å². The predicted octanol–water partition coefficient (Wildman–Crippen LogP) is 3.42. The standard InChI is InChI=1S/C10H20S/c1-8(2)10-6-4-5-9(10)7-11-3/h8-10H,4-7H2,1-3H3/t9-,10-/m0/s1. The van der Waals surface area contributed by atoms with Crippen LogP contribution in [0, 0.1) is 17.8 Å². The Kier molecular flexibility index (Phi) is 3.77. The van der Waals surface area contributed by atoms with Crippen LogP contribution >= 0.6 is 11.8 Å². The van der Waals surface area contributed by atoms with Crippen LogP contribution in [0.25, 0.3) is 0 Å². The maximum Gasteiger partial charge on any atom is -0.00392 e. The lowest BCUT2D eigenvalue weighted by atomic mass is 9.87. The van der Waals surface area contributed by atoms with Crippen LogP contribution in [0.15, 0.2) is 0 Å². The monoisotopic (exact) mass is 172 g/mol. The quantitative estimate of drug-likeness (QED) is 0.628. The first-order chi connectivity index (χ1) is 5.25. The normalized spacial score (nSPS) is 31.6. The maximum atomic E-state index is 2.38. The van der Waals surface area contributed by atoms with Crippen molar-refractivity contribution in [1.82, 2.24) is 0 Å². The van der Waals surface area contributed by atoms with E-state index in [0.717, 1.165) is 17.8 Å². The topological polar surface area (TPSA) is 0 Å². The van der Waals surface area contributed by atoms with Gasteiger partial charge < -0.3 is 0 Å². The molecular formula is C10H20S.